The van der Waals surface area contributed by atoms with Crippen LogP contribution in [0.3, 0.4) is 0 Å². The summed E-state index contributed by atoms with van der Waals surface area (Å²) >= 11 is 0. The summed E-state index contributed by atoms with van der Waals surface area (Å²) in [7, 11) is -3.25. The van der Waals surface area contributed by atoms with Crippen LogP contribution < -0.4 is 5.32 Å². The number of urea groups is 1. The van der Waals surface area contributed by atoms with Crippen molar-refractivity contribution in [2.24, 2.45) is 0 Å². The minimum Gasteiger partial charge on any atom is -0.466 e. The standard InChI is InChI=1S/C11H14N2O5S/c1-11(8-4-3-6-18-8)9(14)13(10(15)12-11)5-7-19(2,16)17/h3-4,6H,5,7H2,1-2H3,(H,12,15)/t11-/m0/s1. The van der Waals surface area contributed by atoms with E-state index in [9.17, 15) is 18.0 Å². The zero-order valence-corrected chi connectivity index (χ0v) is 11.4. The molecule has 104 valence electrons. The predicted molar refractivity (Wildman–Crippen MR) is 66.0 cm³/mol. The molecule has 2 heterocycles. The molecule has 0 spiro atoms. The molecule has 1 aromatic heterocycles. The van der Waals surface area contributed by atoms with E-state index in [-0.39, 0.29) is 12.3 Å². The molecule has 1 fully saturated rings. The number of carbonyl (C=O) groups excluding carboxylic acids is 2. The molecular formula is C11H14N2O5S. The Morgan fingerprint density at radius 1 is 1.42 bits per heavy atom. The van der Waals surface area contributed by atoms with E-state index in [0.717, 1.165) is 11.2 Å². The van der Waals surface area contributed by atoms with Gasteiger partial charge in [-0.2, -0.15) is 0 Å². The Bertz CT molecular complexity index is 607. The molecule has 0 bridgehead atoms. The molecule has 8 heteroatoms. The van der Waals surface area contributed by atoms with Crippen molar-refractivity contribution in [1.29, 1.82) is 0 Å². The number of nitrogens with zero attached hydrogens (tertiary/aromatic N) is 1. The van der Waals surface area contributed by atoms with Crippen LogP contribution in [0.5, 0.6) is 0 Å². The Morgan fingerprint density at radius 3 is 2.63 bits per heavy atom. The molecule has 2 rings (SSSR count). The normalized spacial score (nSPS) is 23.8. The van der Waals surface area contributed by atoms with Crippen LogP contribution in [0.2, 0.25) is 0 Å². The van der Waals surface area contributed by atoms with Gasteiger partial charge in [0.05, 0.1) is 12.0 Å². The maximum absolute atomic E-state index is 12.2. The van der Waals surface area contributed by atoms with Crippen LogP contribution in [0.25, 0.3) is 0 Å². The Morgan fingerprint density at radius 2 is 2.11 bits per heavy atom. The van der Waals surface area contributed by atoms with E-state index in [1.54, 1.807) is 12.1 Å². The van der Waals surface area contributed by atoms with Crippen molar-refractivity contribution in [1.82, 2.24) is 10.2 Å². The number of sulfone groups is 1. The van der Waals surface area contributed by atoms with E-state index in [4.69, 9.17) is 4.42 Å². The van der Waals surface area contributed by atoms with Crippen LogP contribution >= 0.6 is 0 Å². The number of nitrogens with one attached hydrogen (secondary N) is 1. The highest BCUT2D eigenvalue weighted by molar-refractivity contribution is 7.90. The number of amides is 3. The summed E-state index contributed by atoms with van der Waals surface area (Å²) in [6.45, 7) is 1.35. The van der Waals surface area contributed by atoms with E-state index in [1.165, 1.54) is 13.2 Å². The Kier molecular flexibility index (Phi) is 3.13. The number of carbonyl (C=O) groups is 2. The minimum absolute atomic E-state index is 0.167. The summed E-state index contributed by atoms with van der Waals surface area (Å²) in [5, 5.41) is 2.52. The maximum Gasteiger partial charge on any atom is 0.325 e. The average Bonchev–Trinajstić information content (AvgIpc) is 2.86. The third kappa shape index (κ3) is 2.48. The van der Waals surface area contributed by atoms with Gasteiger partial charge in [-0.25, -0.2) is 13.2 Å². The second-order valence-corrected chi connectivity index (χ2v) is 6.88. The molecule has 1 atom stereocenters. The summed E-state index contributed by atoms with van der Waals surface area (Å²) in [4.78, 5) is 24.9. The van der Waals surface area contributed by atoms with Gasteiger partial charge in [-0.3, -0.25) is 9.69 Å². The fraction of sp³-hybridized carbons (Fsp3) is 0.455. The SMILES string of the molecule is C[C@@]1(c2ccco2)NC(=O)N(CCS(C)(=O)=O)C1=O. The van der Waals surface area contributed by atoms with Gasteiger partial charge in [0.25, 0.3) is 5.91 Å². The Hall–Kier alpha value is -1.83. The van der Waals surface area contributed by atoms with Gasteiger partial charge in [-0.05, 0) is 19.1 Å². The van der Waals surface area contributed by atoms with Crippen molar-refractivity contribution >= 4 is 21.8 Å². The zero-order valence-electron chi connectivity index (χ0n) is 10.5. The van der Waals surface area contributed by atoms with Gasteiger partial charge in [-0.15, -0.1) is 0 Å². The quantitative estimate of drug-likeness (QED) is 0.791. The van der Waals surface area contributed by atoms with Crippen molar-refractivity contribution < 1.29 is 22.4 Å². The van der Waals surface area contributed by atoms with Gasteiger partial charge < -0.3 is 9.73 Å². The topological polar surface area (TPSA) is 96.7 Å². The maximum atomic E-state index is 12.2. The molecule has 0 radical (unpaired) electrons. The van der Waals surface area contributed by atoms with Crippen LogP contribution in [0.15, 0.2) is 22.8 Å². The number of hydrogen-bond acceptors (Lipinski definition) is 5. The summed E-state index contributed by atoms with van der Waals surface area (Å²) in [5.74, 6) is -0.468. The van der Waals surface area contributed by atoms with Crippen molar-refractivity contribution in [2.75, 3.05) is 18.6 Å². The lowest BCUT2D eigenvalue weighted by Crippen LogP contribution is -2.41. The monoisotopic (exact) mass is 286 g/mol. The molecule has 1 aromatic rings. The van der Waals surface area contributed by atoms with Gasteiger partial charge in [0.2, 0.25) is 0 Å². The first-order valence-corrected chi connectivity index (χ1v) is 7.66. The summed E-state index contributed by atoms with van der Waals surface area (Å²) in [6.07, 6.45) is 2.45. The highest BCUT2D eigenvalue weighted by Gasteiger charge is 2.50. The van der Waals surface area contributed by atoms with E-state index < -0.39 is 27.3 Å². The lowest BCUT2D eigenvalue weighted by atomic mass is 9.99. The zero-order chi connectivity index (χ0) is 14.3. The summed E-state index contributed by atoms with van der Waals surface area (Å²) in [5.41, 5.74) is -1.28. The van der Waals surface area contributed by atoms with Crippen LogP contribution in [-0.2, 0) is 20.2 Å². The van der Waals surface area contributed by atoms with Crippen LogP contribution in [0, 0.1) is 0 Å². The fourth-order valence-corrected chi connectivity index (χ4v) is 2.40. The molecule has 0 unspecified atom stereocenters. The summed E-state index contributed by atoms with van der Waals surface area (Å²) < 4.78 is 27.4. The Labute approximate surface area is 110 Å². The molecule has 7 nitrogen and oxygen atoms in total. The van der Waals surface area contributed by atoms with Gasteiger partial charge >= 0.3 is 6.03 Å². The van der Waals surface area contributed by atoms with E-state index in [0.29, 0.717) is 5.76 Å². The summed E-state index contributed by atoms with van der Waals surface area (Å²) in [6, 6.07) is 2.57. The number of hydrogen-bond donors (Lipinski definition) is 1. The highest BCUT2D eigenvalue weighted by Crippen LogP contribution is 2.28. The highest BCUT2D eigenvalue weighted by atomic mass is 32.2. The van der Waals surface area contributed by atoms with Gasteiger partial charge in [0.15, 0.2) is 5.54 Å². The second-order valence-electron chi connectivity index (χ2n) is 4.62. The first-order chi connectivity index (χ1) is 8.74. The molecule has 1 aliphatic rings. The fourth-order valence-electron chi connectivity index (χ4n) is 1.89. The van der Waals surface area contributed by atoms with Crippen LogP contribution in [0.4, 0.5) is 4.79 Å². The Balaban J connectivity index is 2.22. The number of furan rings is 1. The van der Waals surface area contributed by atoms with E-state index >= 15 is 0 Å². The number of imide groups is 1. The van der Waals surface area contributed by atoms with Gasteiger partial charge in [0, 0.05) is 12.8 Å². The molecule has 0 saturated carbocycles. The third-order valence-corrected chi connectivity index (χ3v) is 3.90. The molecule has 1 aliphatic heterocycles. The molecule has 0 aromatic carbocycles. The molecule has 1 N–H and O–H groups in total. The van der Waals surface area contributed by atoms with E-state index in [2.05, 4.69) is 5.32 Å². The smallest absolute Gasteiger partial charge is 0.325 e. The van der Waals surface area contributed by atoms with Gasteiger partial charge in [0.1, 0.15) is 15.6 Å². The second kappa shape index (κ2) is 4.37. The first kappa shape index (κ1) is 13.6. The van der Waals surface area contributed by atoms with Crippen LogP contribution in [-0.4, -0.2) is 43.8 Å². The molecule has 0 aliphatic carbocycles. The molecule has 1 saturated heterocycles. The molecular weight excluding hydrogens is 272 g/mol. The van der Waals surface area contributed by atoms with Crippen molar-refractivity contribution in [3.63, 3.8) is 0 Å². The van der Waals surface area contributed by atoms with Gasteiger partial charge in [-0.1, -0.05) is 0 Å². The largest absolute Gasteiger partial charge is 0.466 e. The lowest BCUT2D eigenvalue weighted by Gasteiger charge is -2.18. The number of rotatable bonds is 4. The van der Waals surface area contributed by atoms with Crippen molar-refractivity contribution in [3.8, 4) is 0 Å². The van der Waals surface area contributed by atoms with Crippen LogP contribution in [0.1, 0.15) is 12.7 Å². The predicted octanol–water partition coefficient (Wildman–Crippen LogP) is 0.0912. The minimum atomic E-state index is -3.25. The average molecular weight is 286 g/mol. The van der Waals surface area contributed by atoms with Crippen molar-refractivity contribution in [3.05, 3.63) is 24.2 Å². The van der Waals surface area contributed by atoms with E-state index in [1.807, 2.05) is 0 Å². The lowest BCUT2D eigenvalue weighted by molar-refractivity contribution is -0.131. The van der Waals surface area contributed by atoms with Crippen molar-refractivity contribution in [2.45, 2.75) is 12.5 Å². The third-order valence-electron chi connectivity index (χ3n) is 2.97. The molecule has 3 amide bonds. The first-order valence-electron chi connectivity index (χ1n) is 5.60. The molecule has 19 heavy (non-hydrogen) atoms.